The van der Waals surface area contributed by atoms with Crippen LogP contribution in [0.2, 0.25) is 5.02 Å². The molecule has 0 bridgehead atoms. The van der Waals surface area contributed by atoms with Crippen LogP contribution in [0.4, 0.5) is 0 Å². The van der Waals surface area contributed by atoms with Gasteiger partial charge in [-0.15, -0.1) is 0 Å². The zero-order chi connectivity index (χ0) is 14.5. The Labute approximate surface area is 131 Å². The first kappa shape index (κ1) is 14.4. The minimum absolute atomic E-state index is 0.616. The van der Waals surface area contributed by atoms with E-state index in [1.807, 2.05) is 42.5 Å². The molecule has 3 rings (SSSR count). The molecule has 2 aromatic rings. The molecule has 1 fully saturated rings. The number of rotatable bonds is 6. The number of hydrogen-bond donors (Lipinski definition) is 1. The molecule has 1 N–H and O–H groups in total. The van der Waals surface area contributed by atoms with Crippen LogP contribution in [0, 0.1) is 0 Å². The number of nitrogens with one attached hydrogen (secondary N) is 1. The number of benzene rings is 2. The minimum Gasteiger partial charge on any atom is -0.492 e. The maximum atomic E-state index is 5.92. The van der Waals surface area contributed by atoms with Crippen molar-refractivity contribution in [2.24, 2.45) is 0 Å². The van der Waals surface area contributed by atoms with E-state index in [4.69, 9.17) is 16.3 Å². The van der Waals surface area contributed by atoms with Gasteiger partial charge >= 0.3 is 0 Å². The van der Waals surface area contributed by atoms with Crippen molar-refractivity contribution in [1.82, 2.24) is 5.32 Å². The van der Waals surface area contributed by atoms with Gasteiger partial charge in [0.15, 0.2) is 0 Å². The zero-order valence-electron chi connectivity index (χ0n) is 12.0. The van der Waals surface area contributed by atoms with E-state index < -0.39 is 0 Å². The molecule has 3 heteroatoms. The van der Waals surface area contributed by atoms with Crippen molar-refractivity contribution in [1.29, 1.82) is 0 Å². The second kappa shape index (κ2) is 6.97. The summed E-state index contributed by atoms with van der Waals surface area (Å²) in [6, 6.07) is 18.8. The molecule has 0 saturated heterocycles. The van der Waals surface area contributed by atoms with E-state index in [2.05, 4.69) is 17.4 Å². The van der Waals surface area contributed by atoms with Gasteiger partial charge in [0.2, 0.25) is 0 Å². The lowest BCUT2D eigenvalue weighted by Gasteiger charge is -2.36. The summed E-state index contributed by atoms with van der Waals surface area (Å²) < 4.78 is 5.67. The Kier molecular flexibility index (Phi) is 4.79. The quantitative estimate of drug-likeness (QED) is 0.805. The van der Waals surface area contributed by atoms with Crippen LogP contribution < -0.4 is 10.1 Å². The molecule has 0 aromatic heterocycles. The Bertz CT molecular complexity index is 549. The maximum absolute atomic E-state index is 5.92. The van der Waals surface area contributed by atoms with Crippen LogP contribution in [0.25, 0.3) is 0 Å². The van der Waals surface area contributed by atoms with Gasteiger partial charge in [0.1, 0.15) is 12.4 Å². The molecule has 0 unspecified atom stereocenters. The third kappa shape index (κ3) is 3.99. The molecule has 0 aliphatic heterocycles. The normalized spacial score (nSPS) is 20.8. The summed E-state index contributed by atoms with van der Waals surface area (Å²) in [5.74, 6) is 1.61. The summed E-state index contributed by atoms with van der Waals surface area (Å²) in [6.45, 7) is 1.61. The molecule has 0 spiro atoms. The Morgan fingerprint density at radius 3 is 2.43 bits per heavy atom. The number of hydrogen-bond acceptors (Lipinski definition) is 2. The van der Waals surface area contributed by atoms with E-state index in [1.54, 1.807) is 0 Å². The molecule has 2 aromatic carbocycles. The predicted molar refractivity (Wildman–Crippen MR) is 87.2 cm³/mol. The summed E-state index contributed by atoms with van der Waals surface area (Å²) >= 11 is 5.92. The molecule has 0 radical (unpaired) electrons. The topological polar surface area (TPSA) is 21.3 Å². The molecule has 1 saturated carbocycles. The van der Waals surface area contributed by atoms with Crippen molar-refractivity contribution in [3.63, 3.8) is 0 Å². The molecule has 0 heterocycles. The average Bonchev–Trinajstić information content (AvgIpc) is 2.48. The molecular weight excluding hydrogens is 282 g/mol. The summed E-state index contributed by atoms with van der Waals surface area (Å²) in [4.78, 5) is 0. The van der Waals surface area contributed by atoms with Crippen LogP contribution in [-0.4, -0.2) is 19.2 Å². The molecule has 1 aliphatic rings. The summed E-state index contributed by atoms with van der Waals surface area (Å²) in [5, 5.41) is 4.36. The van der Waals surface area contributed by atoms with E-state index in [0.29, 0.717) is 18.6 Å². The van der Waals surface area contributed by atoms with Crippen LogP contribution in [0.5, 0.6) is 5.75 Å². The smallest absolute Gasteiger partial charge is 0.119 e. The number of halogens is 1. The third-order valence-electron chi connectivity index (χ3n) is 4.03. The van der Waals surface area contributed by atoms with Crippen molar-refractivity contribution in [3.05, 3.63) is 65.2 Å². The van der Waals surface area contributed by atoms with Gasteiger partial charge in [-0.3, -0.25) is 0 Å². The lowest BCUT2D eigenvalue weighted by molar-refractivity contribution is 0.255. The Hall–Kier alpha value is -1.51. The molecule has 2 nitrogen and oxygen atoms in total. The molecule has 0 amide bonds. The minimum atomic E-state index is 0.616. The monoisotopic (exact) mass is 301 g/mol. The van der Waals surface area contributed by atoms with Crippen molar-refractivity contribution < 1.29 is 4.74 Å². The standard InChI is InChI=1S/C18H20ClNO/c19-16-8-6-14(7-9-16)15-12-17(13-15)20-10-11-21-18-4-2-1-3-5-18/h1-9,15,17,20H,10-13H2. The van der Waals surface area contributed by atoms with Gasteiger partial charge in [-0.25, -0.2) is 0 Å². The Morgan fingerprint density at radius 2 is 1.71 bits per heavy atom. The summed E-state index contributed by atoms with van der Waals surface area (Å²) in [6.07, 6.45) is 2.40. The number of para-hydroxylation sites is 1. The van der Waals surface area contributed by atoms with Gasteiger partial charge in [0.25, 0.3) is 0 Å². The Balaban J connectivity index is 1.33. The highest BCUT2D eigenvalue weighted by Gasteiger charge is 2.29. The van der Waals surface area contributed by atoms with Gasteiger partial charge in [0, 0.05) is 17.6 Å². The van der Waals surface area contributed by atoms with E-state index in [9.17, 15) is 0 Å². The van der Waals surface area contributed by atoms with E-state index >= 15 is 0 Å². The van der Waals surface area contributed by atoms with Crippen molar-refractivity contribution in [2.75, 3.05) is 13.2 Å². The highest BCUT2D eigenvalue weighted by Crippen LogP contribution is 2.37. The van der Waals surface area contributed by atoms with Gasteiger partial charge in [-0.1, -0.05) is 41.9 Å². The van der Waals surface area contributed by atoms with Gasteiger partial charge in [-0.05, 0) is 48.6 Å². The fourth-order valence-electron chi connectivity index (χ4n) is 2.74. The van der Waals surface area contributed by atoms with Crippen molar-refractivity contribution in [3.8, 4) is 5.75 Å². The van der Waals surface area contributed by atoms with Crippen molar-refractivity contribution >= 4 is 11.6 Å². The molecule has 110 valence electrons. The second-order valence-electron chi connectivity index (χ2n) is 5.53. The molecular formula is C18H20ClNO. The van der Waals surface area contributed by atoms with E-state index in [-0.39, 0.29) is 0 Å². The van der Waals surface area contributed by atoms with Crippen LogP contribution in [0.3, 0.4) is 0 Å². The first-order valence-electron chi connectivity index (χ1n) is 7.48. The first-order valence-corrected chi connectivity index (χ1v) is 7.86. The number of ether oxygens (including phenoxy) is 1. The van der Waals surface area contributed by atoms with Crippen LogP contribution in [0.1, 0.15) is 24.3 Å². The largest absolute Gasteiger partial charge is 0.492 e. The van der Waals surface area contributed by atoms with Gasteiger partial charge in [0.05, 0.1) is 0 Å². The third-order valence-corrected chi connectivity index (χ3v) is 4.28. The van der Waals surface area contributed by atoms with Crippen molar-refractivity contribution in [2.45, 2.75) is 24.8 Å². The predicted octanol–water partition coefficient (Wildman–Crippen LogP) is 4.25. The Morgan fingerprint density at radius 1 is 1.00 bits per heavy atom. The van der Waals surface area contributed by atoms with Crippen LogP contribution in [-0.2, 0) is 0 Å². The fraction of sp³-hybridized carbons (Fsp3) is 0.333. The van der Waals surface area contributed by atoms with Gasteiger partial charge < -0.3 is 10.1 Å². The molecule has 21 heavy (non-hydrogen) atoms. The first-order chi connectivity index (χ1) is 10.3. The van der Waals surface area contributed by atoms with E-state index in [1.165, 1.54) is 18.4 Å². The van der Waals surface area contributed by atoms with Crippen LogP contribution >= 0.6 is 11.6 Å². The molecule has 1 aliphatic carbocycles. The second-order valence-corrected chi connectivity index (χ2v) is 5.97. The van der Waals surface area contributed by atoms with E-state index in [0.717, 1.165) is 17.3 Å². The zero-order valence-corrected chi connectivity index (χ0v) is 12.7. The van der Waals surface area contributed by atoms with Gasteiger partial charge in [-0.2, -0.15) is 0 Å². The fourth-order valence-corrected chi connectivity index (χ4v) is 2.87. The average molecular weight is 302 g/mol. The lowest BCUT2D eigenvalue weighted by Crippen LogP contribution is -2.41. The lowest BCUT2D eigenvalue weighted by atomic mass is 9.76. The highest BCUT2D eigenvalue weighted by molar-refractivity contribution is 6.30. The maximum Gasteiger partial charge on any atom is 0.119 e. The summed E-state index contributed by atoms with van der Waals surface area (Å²) in [5.41, 5.74) is 1.40. The molecule has 0 atom stereocenters. The highest BCUT2D eigenvalue weighted by atomic mass is 35.5. The SMILES string of the molecule is Clc1ccc(C2CC(NCCOc3ccccc3)C2)cc1. The van der Waals surface area contributed by atoms with Crippen LogP contribution in [0.15, 0.2) is 54.6 Å². The summed E-state index contributed by atoms with van der Waals surface area (Å²) in [7, 11) is 0.